The third-order valence-corrected chi connectivity index (χ3v) is 6.12. The van der Waals surface area contributed by atoms with E-state index in [1.807, 2.05) is 31.0 Å². The Hall–Kier alpha value is -1.81. The van der Waals surface area contributed by atoms with E-state index in [4.69, 9.17) is 4.74 Å². The van der Waals surface area contributed by atoms with Gasteiger partial charge in [0.2, 0.25) is 5.91 Å². The zero-order valence-electron chi connectivity index (χ0n) is 18.6. The van der Waals surface area contributed by atoms with Gasteiger partial charge in [0.05, 0.1) is 13.2 Å². The molecule has 1 aromatic carbocycles. The molecular weight excluding hydrogens is 523 g/mol. The largest absolute Gasteiger partial charge is 0.494 e. The topological polar surface area (TPSA) is 57.2 Å². The lowest BCUT2D eigenvalue weighted by Crippen LogP contribution is -2.39. The van der Waals surface area contributed by atoms with E-state index in [0.29, 0.717) is 19.6 Å². The van der Waals surface area contributed by atoms with Gasteiger partial charge in [-0.05, 0) is 55.0 Å². The predicted molar refractivity (Wildman–Crippen MR) is 139 cm³/mol. The number of halogens is 1. The smallest absolute Gasteiger partial charge is 0.224 e. The van der Waals surface area contributed by atoms with Crippen LogP contribution in [0.2, 0.25) is 0 Å². The highest BCUT2D eigenvalue weighted by molar-refractivity contribution is 14.0. The van der Waals surface area contributed by atoms with Gasteiger partial charge in [0, 0.05) is 44.5 Å². The zero-order valence-corrected chi connectivity index (χ0v) is 21.7. The van der Waals surface area contributed by atoms with Crippen molar-refractivity contribution in [1.82, 2.24) is 15.1 Å². The Morgan fingerprint density at radius 1 is 1.26 bits per heavy atom. The van der Waals surface area contributed by atoms with E-state index in [2.05, 4.69) is 45.7 Å². The fraction of sp³-hybridized carbons (Fsp3) is 0.478. The molecule has 2 aromatic rings. The van der Waals surface area contributed by atoms with Crippen LogP contribution in [0.1, 0.15) is 36.3 Å². The predicted octanol–water partition coefficient (Wildman–Crippen LogP) is 4.14. The number of fused-ring (bicyclic) bond motifs is 1. The normalized spacial score (nSPS) is 13.3. The van der Waals surface area contributed by atoms with E-state index in [9.17, 15) is 4.79 Å². The van der Waals surface area contributed by atoms with Crippen molar-refractivity contribution in [2.24, 2.45) is 4.99 Å². The van der Waals surface area contributed by atoms with Crippen LogP contribution in [0.5, 0.6) is 5.75 Å². The molecule has 31 heavy (non-hydrogen) atoms. The van der Waals surface area contributed by atoms with Gasteiger partial charge in [-0.1, -0.05) is 12.1 Å². The van der Waals surface area contributed by atoms with Gasteiger partial charge in [-0.15, -0.1) is 35.3 Å². The van der Waals surface area contributed by atoms with Gasteiger partial charge in [0.1, 0.15) is 5.75 Å². The van der Waals surface area contributed by atoms with E-state index >= 15 is 0 Å². The molecule has 0 saturated carbocycles. The number of nitrogens with zero attached hydrogens (tertiary/aromatic N) is 3. The summed E-state index contributed by atoms with van der Waals surface area (Å²) >= 11 is 1.79. The molecule has 0 saturated heterocycles. The van der Waals surface area contributed by atoms with E-state index < -0.39 is 0 Å². The monoisotopic (exact) mass is 556 g/mol. The summed E-state index contributed by atoms with van der Waals surface area (Å²) in [6.07, 6.45) is 1.40. The minimum absolute atomic E-state index is 0. The second-order valence-corrected chi connectivity index (χ2v) is 8.35. The second-order valence-electron chi connectivity index (χ2n) is 7.35. The molecule has 0 fully saturated rings. The van der Waals surface area contributed by atoms with Crippen LogP contribution in [0.3, 0.4) is 0 Å². The first-order chi connectivity index (χ1) is 14.6. The van der Waals surface area contributed by atoms with Crippen LogP contribution in [0, 0.1) is 0 Å². The first kappa shape index (κ1) is 25.5. The van der Waals surface area contributed by atoms with Gasteiger partial charge in [0.25, 0.3) is 0 Å². The van der Waals surface area contributed by atoms with Crippen LogP contribution in [0.4, 0.5) is 0 Å². The molecule has 0 unspecified atom stereocenters. The number of guanidine groups is 1. The molecule has 170 valence electrons. The van der Waals surface area contributed by atoms with Gasteiger partial charge in [-0.3, -0.25) is 9.79 Å². The number of ether oxygens (including phenoxy) is 1. The van der Waals surface area contributed by atoms with Gasteiger partial charge in [-0.25, -0.2) is 0 Å². The lowest BCUT2D eigenvalue weighted by Gasteiger charge is -2.27. The van der Waals surface area contributed by atoms with Crippen molar-refractivity contribution in [3.05, 3.63) is 51.7 Å². The molecule has 1 N–H and O–H groups in total. The average molecular weight is 557 g/mol. The second kappa shape index (κ2) is 12.9. The van der Waals surface area contributed by atoms with Crippen molar-refractivity contribution in [3.63, 3.8) is 0 Å². The highest BCUT2D eigenvalue weighted by Crippen LogP contribution is 2.24. The first-order valence-electron chi connectivity index (χ1n) is 10.6. The quantitative estimate of drug-likeness (QED) is 0.302. The molecule has 8 heteroatoms. The molecule has 1 aliphatic rings. The molecule has 6 nitrogen and oxygen atoms in total. The molecular formula is C23H33IN4O2S. The Morgan fingerprint density at radius 3 is 2.74 bits per heavy atom. The minimum atomic E-state index is 0. The fourth-order valence-electron chi connectivity index (χ4n) is 3.55. The standard InChI is InChI=1S/C23H32N4O2S.HI/c1-4-24-23(26(3)16-18-6-8-20(9-7-18)29-5-2)25-13-10-22(28)27-14-11-21-19(17-27)12-15-30-21;/h6-9,12,15H,4-5,10-11,13-14,16-17H2,1-3H3,(H,24,25);1H. The van der Waals surface area contributed by atoms with Crippen LogP contribution in [-0.4, -0.2) is 55.0 Å². The molecule has 2 heterocycles. The fourth-order valence-corrected chi connectivity index (χ4v) is 4.44. The first-order valence-corrected chi connectivity index (χ1v) is 11.5. The van der Waals surface area contributed by atoms with Crippen LogP contribution in [0.25, 0.3) is 0 Å². The van der Waals surface area contributed by atoms with Crippen LogP contribution in [0.15, 0.2) is 40.7 Å². The highest BCUT2D eigenvalue weighted by atomic mass is 127. The Labute approximate surface area is 206 Å². The molecule has 0 spiro atoms. The van der Waals surface area contributed by atoms with Crippen molar-refractivity contribution in [3.8, 4) is 5.75 Å². The van der Waals surface area contributed by atoms with Gasteiger partial charge in [0.15, 0.2) is 5.96 Å². The number of nitrogens with one attached hydrogen (secondary N) is 1. The summed E-state index contributed by atoms with van der Waals surface area (Å²) in [6.45, 7) is 8.26. The summed E-state index contributed by atoms with van der Waals surface area (Å²) in [5, 5.41) is 5.44. The summed E-state index contributed by atoms with van der Waals surface area (Å²) < 4.78 is 5.51. The van der Waals surface area contributed by atoms with E-state index in [0.717, 1.165) is 44.3 Å². The van der Waals surface area contributed by atoms with Crippen molar-refractivity contribution >= 4 is 47.2 Å². The van der Waals surface area contributed by atoms with Crippen LogP contribution < -0.4 is 10.1 Å². The third kappa shape index (κ3) is 7.38. The van der Waals surface area contributed by atoms with Crippen molar-refractivity contribution in [1.29, 1.82) is 0 Å². The summed E-state index contributed by atoms with van der Waals surface area (Å²) in [5.41, 5.74) is 2.48. The van der Waals surface area contributed by atoms with E-state index in [1.165, 1.54) is 16.0 Å². The molecule has 0 bridgehead atoms. The Morgan fingerprint density at radius 2 is 2.03 bits per heavy atom. The highest BCUT2D eigenvalue weighted by Gasteiger charge is 2.21. The SMILES string of the molecule is CCNC(=NCCC(=O)N1CCc2sccc2C1)N(C)Cc1ccc(OCC)cc1.I. The van der Waals surface area contributed by atoms with Crippen molar-refractivity contribution < 1.29 is 9.53 Å². The number of hydrogen-bond donors (Lipinski definition) is 1. The maximum atomic E-state index is 12.6. The van der Waals surface area contributed by atoms with Gasteiger partial charge >= 0.3 is 0 Å². The number of hydrogen-bond acceptors (Lipinski definition) is 4. The summed E-state index contributed by atoms with van der Waals surface area (Å²) in [7, 11) is 2.02. The van der Waals surface area contributed by atoms with E-state index in [1.54, 1.807) is 11.3 Å². The van der Waals surface area contributed by atoms with Crippen LogP contribution >= 0.6 is 35.3 Å². The summed E-state index contributed by atoms with van der Waals surface area (Å²) in [5.74, 6) is 1.88. The average Bonchev–Trinajstić information content (AvgIpc) is 3.22. The number of benzene rings is 1. The molecule has 0 aliphatic carbocycles. The van der Waals surface area contributed by atoms with E-state index in [-0.39, 0.29) is 29.9 Å². The maximum absolute atomic E-state index is 12.6. The van der Waals surface area contributed by atoms with Crippen LogP contribution in [-0.2, 0) is 24.3 Å². The third-order valence-electron chi connectivity index (χ3n) is 5.10. The number of carbonyl (C=O) groups excluding carboxylic acids is 1. The van der Waals surface area contributed by atoms with Gasteiger partial charge < -0.3 is 19.9 Å². The lowest BCUT2D eigenvalue weighted by molar-refractivity contribution is -0.131. The molecule has 1 aromatic heterocycles. The molecule has 1 amide bonds. The van der Waals surface area contributed by atoms with Crippen molar-refractivity contribution in [2.75, 3.05) is 33.3 Å². The van der Waals surface area contributed by atoms with Crippen molar-refractivity contribution in [2.45, 2.75) is 39.8 Å². The summed E-state index contributed by atoms with van der Waals surface area (Å²) in [6, 6.07) is 10.3. The zero-order chi connectivity index (χ0) is 21.3. The molecule has 1 aliphatic heterocycles. The minimum Gasteiger partial charge on any atom is -0.494 e. The maximum Gasteiger partial charge on any atom is 0.224 e. The molecule has 0 atom stereocenters. The number of aliphatic imine (C=N–C) groups is 1. The Balaban J connectivity index is 0.00000341. The number of carbonyl (C=O) groups is 1. The Bertz CT molecular complexity index is 854. The Kier molecular flexibility index (Phi) is 10.6. The number of rotatable bonds is 8. The number of amides is 1. The van der Waals surface area contributed by atoms with Gasteiger partial charge in [-0.2, -0.15) is 0 Å². The summed E-state index contributed by atoms with van der Waals surface area (Å²) in [4.78, 5) is 22.8. The molecule has 0 radical (unpaired) electrons. The number of thiophene rings is 1. The molecule has 3 rings (SSSR count). The lowest BCUT2D eigenvalue weighted by atomic mass is 10.1.